The first-order valence-electron chi connectivity index (χ1n) is 6.15. The molecule has 1 aromatic rings. The fourth-order valence-corrected chi connectivity index (χ4v) is 1.61. The van der Waals surface area contributed by atoms with Gasteiger partial charge in [0.25, 0.3) is 0 Å². The number of carbonyl (C=O) groups excluding carboxylic acids is 1. The number of hydrogen-bond acceptors (Lipinski definition) is 1. The van der Waals surface area contributed by atoms with Gasteiger partial charge in [0, 0.05) is 12.0 Å². The van der Waals surface area contributed by atoms with Crippen molar-refractivity contribution in [3.8, 4) is 0 Å². The molecule has 1 heteroatoms. The average Bonchev–Trinajstić information content (AvgIpc) is 2.27. The molecule has 0 bridgehead atoms. The summed E-state index contributed by atoms with van der Waals surface area (Å²) in [7, 11) is 0. The predicted octanol–water partition coefficient (Wildman–Crippen LogP) is 4.52. The molecule has 0 aromatic heterocycles. The second-order valence-electron chi connectivity index (χ2n) is 5.53. The summed E-state index contributed by atoms with van der Waals surface area (Å²) in [6.45, 7) is 12.4. The van der Waals surface area contributed by atoms with E-state index in [1.165, 1.54) is 5.56 Å². The van der Waals surface area contributed by atoms with Crippen LogP contribution >= 0.6 is 0 Å². The molecule has 1 nitrogen and oxygen atoms in total. The highest BCUT2D eigenvalue weighted by Gasteiger charge is 2.14. The van der Waals surface area contributed by atoms with Crippen LogP contribution in [0.2, 0.25) is 0 Å². The molecular formula is C16H22O. The zero-order valence-corrected chi connectivity index (χ0v) is 11.3. The predicted molar refractivity (Wildman–Crippen MR) is 73.5 cm³/mol. The highest BCUT2D eigenvalue weighted by molar-refractivity contribution is 5.97. The lowest BCUT2D eigenvalue weighted by Gasteiger charge is -2.19. The van der Waals surface area contributed by atoms with Gasteiger partial charge in [0.15, 0.2) is 5.78 Å². The zero-order chi connectivity index (χ0) is 13.1. The van der Waals surface area contributed by atoms with E-state index in [4.69, 9.17) is 0 Å². The van der Waals surface area contributed by atoms with Gasteiger partial charge in [0.05, 0.1) is 0 Å². The third kappa shape index (κ3) is 3.85. The smallest absolute Gasteiger partial charge is 0.166 e. The molecule has 0 saturated heterocycles. The van der Waals surface area contributed by atoms with Gasteiger partial charge in [-0.1, -0.05) is 64.1 Å². The van der Waals surface area contributed by atoms with Crippen LogP contribution in [0.4, 0.5) is 0 Å². The van der Waals surface area contributed by atoms with Crippen LogP contribution in [-0.2, 0) is 5.41 Å². The van der Waals surface area contributed by atoms with Crippen molar-refractivity contribution in [2.45, 2.75) is 46.0 Å². The summed E-state index contributed by atoms with van der Waals surface area (Å²) in [6, 6.07) is 7.93. The summed E-state index contributed by atoms with van der Waals surface area (Å²) in [5, 5.41) is 0. The molecule has 0 aliphatic heterocycles. The van der Waals surface area contributed by atoms with E-state index in [0.29, 0.717) is 6.42 Å². The molecule has 0 aliphatic carbocycles. The Morgan fingerprint density at radius 2 is 1.71 bits per heavy atom. The van der Waals surface area contributed by atoms with Gasteiger partial charge in [-0.25, -0.2) is 0 Å². The van der Waals surface area contributed by atoms with Crippen molar-refractivity contribution in [1.82, 2.24) is 0 Å². The van der Waals surface area contributed by atoms with Gasteiger partial charge in [0.2, 0.25) is 0 Å². The minimum absolute atomic E-state index is 0.134. The largest absolute Gasteiger partial charge is 0.294 e. The fraction of sp³-hybridized carbons (Fsp3) is 0.438. The maximum atomic E-state index is 11.9. The molecule has 1 aromatic carbocycles. The number of ketones is 1. The normalized spacial score (nSPS) is 11.3. The quantitative estimate of drug-likeness (QED) is 0.549. The van der Waals surface area contributed by atoms with Crippen LogP contribution in [-0.4, -0.2) is 5.78 Å². The average molecular weight is 230 g/mol. The van der Waals surface area contributed by atoms with Crippen molar-refractivity contribution in [2.24, 2.45) is 0 Å². The Balaban J connectivity index is 2.81. The summed E-state index contributed by atoms with van der Waals surface area (Å²) in [5.41, 5.74) is 3.17. The molecule has 0 N–H and O–H groups in total. The molecular weight excluding hydrogens is 208 g/mol. The molecule has 0 spiro atoms. The Morgan fingerprint density at radius 1 is 1.18 bits per heavy atom. The van der Waals surface area contributed by atoms with Gasteiger partial charge in [0.1, 0.15) is 0 Å². The highest BCUT2D eigenvalue weighted by Crippen LogP contribution is 2.22. The molecule has 0 radical (unpaired) electrons. The Morgan fingerprint density at radius 3 is 2.12 bits per heavy atom. The Kier molecular flexibility index (Phi) is 4.28. The van der Waals surface area contributed by atoms with Crippen LogP contribution < -0.4 is 0 Å². The van der Waals surface area contributed by atoms with Crippen molar-refractivity contribution in [1.29, 1.82) is 0 Å². The molecule has 0 aliphatic rings. The summed E-state index contributed by atoms with van der Waals surface area (Å²) in [4.78, 5) is 11.9. The third-order valence-corrected chi connectivity index (χ3v) is 2.98. The van der Waals surface area contributed by atoms with Crippen molar-refractivity contribution >= 4 is 5.78 Å². The standard InChI is InChI=1S/C16H22O/c1-6-12(2)11-15(17)13-7-9-14(10-8-13)16(3,4)5/h7-10H,2,6,11H2,1,3-5H3. The fourth-order valence-electron chi connectivity index (χ4n) is 1.61. The van der Waals surface area contributed by atoms with Gasteiger partial charge in [-0.05, 0) is 17.4 Å². The first kappa shape index (κ1) is 13.7. The van der Waals surface area contributed by atoms with Crippen LogP contribution in [0, 0.1) is 0 Å². The zero-order valence-electron chi connectivity index (χ0n) is 11.3. The van der Waals surface area contributed by atoms with E-state index in [2.05, 4.69) is 27.4 Å². The minimum atomic E-state index is 0.134. The highest BCUT2D eigenvalue weighted by atomic mass is 16.1. The SMILES string of the molecule is C=C(CC)CC(=O)c1ccc(C(C)(C)C)cc1. The van der Waals surface area contributed by atoms with Crippen LogP contribution in [0.3, 0.4) is 0 Å². The van der Waals surface area contributed by atoms with E-state index >= 15 is 0 Å². The maximum Gasteiger partial charge on any atom is 0.166 e. The van der Waals surface area contributed by atoms with E-state index in [1.807, 2.05) is 31.2 Å². The topological polar surface area (TPSA) is 17.1 Å². The number of benzene rings is 1. The van der Waals surface area contributed by atoms with Gasteiger partial charge in [-0.3, -0.25) is 4.79 Å². The lowest BCUT2D eigenvalue weighted by Crippen LogP contribution is -2.11. The van der Waals surface area contributed by atoms with Crippen molar-refractivity contribution < 1.29 is 4.79 Å². The van der Waals surface area contributed by atoms with Gasteiger partial charge in [-0.2, -0.15) is 0 Å². The van der Waals surface area contributed by atoms with Crippen molar-refractivity contribution in [2.75, 3.05) is 0 Å². The molecule has 0 atom stereocenters. The number of allylic oxidation sites excluding steroid dienone is 1. The Bertz CT molecular complexity index is 404. The lowest BCUT2D eigenvalue weighted by atomic mass is 9.86. The van der Waals surface area contributed by atoms with Crippen molar-refractivity contribution in [3.05, 3.63) is 47.5 Å². The molecule has 92 valence electrons. The van der Waals surface area contributed by atoms with E-state index in [-0.39, 0.29) is 11.2 Å². The molecule has 1 rings (SSSR count). The van der Waals surface area contributed by atoms with Crippen LogP contribution in [0.5, 0.6) is 0 Å². The van der Waals surface area contributed by atoms with Crippen molar-refractivity contribution in [3.63, 3.8) is 0 Å². The molecule has 0 unspecified atom stereocenters. The van der Waals surface area contributed by atoms with Gasteiger partial charge < -0.3 is 0 Å². The first-order valence-corrected chi connectivity index (χ1v) is 6.15. The summed E-state index contributed by atoms with van der Waals surface area (Å²) in [5.74, 6) is 0.164. The van der Waals surface area contributed by atoms with Gasteiger partial charge in [-0.15, -0.1) is 0 Å². The lowest BCUT2D eigenvalue weighted by molar-refractivity contribution is 0.0992. The Labute approximate surface area is 105 Å². The van der Waals surface area contributed by atoms with E-state index in [9.17, 15) is 4.79 Å². The molecule has 0 amide bonds. The minimum Gasteiger partial charge on any atom is -0.294 e. The van der Waals surface area contributed by atoms with Crippen LogP contribution in [0.15, 0.2) is 36.4 Å². The van der Waals surface area contributed by atoms with E-state index < -0.39 is 0 Å². The van der Waals surface area contributed by atoms with E-state index in [1.54, 1.807) is 0 Å². The van der Waals surface area contributed by atoms with Crippen LogP contribution in [0.1, 0.15) is 56.5 Å². The molecule has 0 saturated carbocycles. The van der Waals surface area contributed by atoms with Crippen LogP contribution in [0.25, 0.3) is 0 Å². The summed E-state index contributed by atoms with van der Waals surface area (Å²) >= 11 is 0. The molecule has 0 heterocycles. The van der Waals surface area contributed by atoms with E-state index in [0.717, 1.165) is 17.6 Å². The number of hydrogen-bond donors (Lipinski definition) is 0. The number of rotatable bonds is 4. The maximum absolute atomic E-state index is 11.9. The molecule has 17 heavy (non-hydrogen) atoms. The second-order valence-corrected chi connectivity index (χ2v) is 5.53. The Hall–Kier alpha value is -1.37. The monoisotopic (exact) mass is 230 g/mol. The summed E-state index contributed by atoms with van der Waals surface area (Å²) in [6.07, 6.45) is 1.33. The third-order valence-electron chi connectivity index (χ3n) is 2.98. The van der Waals surface area contributed by atoms with Gasteiger partial charge >= 0.3 is 0 Å². The number of Topliss-reactive ketones (excluding diaryl/α,β-unsaturated/α-hetero) is 1. The second kappa shape index (κ2) is 5.31. The summed E-state index contributed by atoms with van der Waals surface area (Å²) < 4.78 is 0. The first-order chi connectivity index (χ1) is 7.84. The molecule has 0 fully saturated rings. The number of carbonyl (C=O) groups is 1.